The van der Waals surface area contributed by atoms with E-state index in [-0.39, 0.29) is 12.4 Å². The van der Waals surface area contributed by atoms with Crippen LogP contribution in [0.5, 0.6) is 0 Å². The van der Waals surface area contributed by atoms with Crippen LogP contribution in [0.15, 0.2) is 0 Å². The number of carbonyl (C=O) groups is 2. The van der Waals surface area contributed by atoms with Gasteiger partial charge < -0.3 is 9.53 Å². The van der Waals surface area contributed by atoms with Crippen LogP contribution in [0.1, 0.15) is 65.7 Å². The average Bonchev–Trinajstić information content (AvgIpc) is 2.34. The maximum absolute atomic E-state index is 12.1. The maximum Gasteiger partial charge on any atom is 0.312 e. The van der Waals surface area contributed by atoms with Crippen molar-refractivity contribution in [2.45, 2.75) is 65.7 Å². The van der Waals surface area contributed by atoms with Gasteiger partial charge in [0, 0.05) is 6.42 Å². The minimum atomic E-state index is -0.578. The van der Waals surface area contributed by atoms with Crippen LogP contribution >= 0.6 is 0 Å². The van der Waals surface area contributed by atoms with Crippen LogP contribution in [0.2, 0.25) is 0 Å². The summed E-state index contributed by atoms with van der Waals surface area (Å²) in [6, 6.07) is 0. The Kier molecular flexibility index (Phi) is 8.73. The molecule has 0 aliphatic rings. The van der Waals surface area contributed by atoms with Crippen molar-refractivity contribution < 1.29 is 14.3 Å². The predicted octanol–water partition coefficient (Wildman–Crippen LogP) is 3.51. The highest BCUT2D eigenvalue weighted by molar-refractivity contribution is 5.79. The molecule has 3 nitrogen and oxygen atoms in total. The minimum Gasteiger partial charge on any atom is -0.465 e. The largest absolute Gasteiger partial charge is 0.465 e. The van der Waals surface area contributed by atoms with Gasteiger partial charge in [0.1, 0.15) is 6.29 Å². The summed E-state index contributed by atoms with van der Waals surface area (Å²) < 4.78 is 5.29. The summed E-state index contributed by atoms with van der Waals surface area (Å²) >= 11 is 0. The van der Waals surface area contributed by atoms with E-state index in [1.54, 1.807) is 0 Å². The normalized spacial score (nSPS) is 14.1. The van der Waals surface area contributed by atoms with Crippen LogP contribution < -0.4 is 0 Å². The first-order valence-electron chi connectivity index (χ1n) is 6.77. The van der Waals surface area contributed by atoms with E-state index in [9.17, 15) is 9.59 Å². The summed E-state index contributed by atoms with van der Waals surface area (Å²) in [6.45, 7) is 6.58. The van der Waals surface area contributed by atoms with Gasteiger partial charge in [0.25, 0.3) is 0 Å². The summed E-state index contributed by atoms with van der Waals surface area (Å²) in [4.78, 5) is 22.9. The fraction of sp³-hybridized carbons (Fsp3) is 0.857. The smallest absolute Gasteiger partial charge is 0.312 e. The van der Waals surface area contributed by atoms with Crippen LogP contribution in [-0.4, -0.2) is 18.9 Å². The zero-order chi connectivity index (χ0) is 13.1. The third kappa shape index (κ3) is 5.33. The number of ether oxygens (including phenoxy) is 1. The lowest BCUT2D eigenvalue weighted by Crippen LogP contribution is -2.33. The van der Waals surface area contributed by atoms with Gasteiger partial charge in [0.15, 0.2) is 0 Å². The molecule has 3 heteroatoms. The Hall–Kier alpha value is -0.860. The van der Waals surface area contributed by atoms with Gasteiger partial charge in [0.2, 0.25) is 0 Å². The Bertz CT molecular complexity index is 226. The molecule has 0 fully saturated rings. The summed E-state index contributed by atoms with van der Waals surface area (Å²) in [5, 5.41) is 0. The van der Waals surface area contributed by atoms with Gasteiger partial charge in [-0.2, -0.15) is 0 Å². The van der Waals surface area contributed by atoms with Crippen molar-refractivity contribution in [2.24, 2.45) is 5.41 Å². The predicted molar refractivity (Wildman–Crippen MR) is 68.8 cm³/mol. The van der Waals surface area contributed by atoms with Crippen LogP contribution in [0.3, 0.4) is 0 Å². The number of esters is 1. The molecule has 0 bridgehead atoms. The number of unbranched alkanes of at least 4 members (excludes halogenated alkanes) is 2. The molecular weight excluding hydrogens is 216 g/mol. The van der Waals surface area contributed by atoms with Crippen molar-refractivity contribution >= 4 is 12.3 Å². The van der Waals surface area contributed by atoms with Crippen molar-refractivity contribution in [2.75, 3.05) is 6.61 Å². The van der Waals surface area contributed by atoms with E-state index >= 15 is 0 Å². The third-order valence-corrected chi connectivity index (χ3v) is 3.32. The topological polar surface area (TPSA) is 43.4 Å². The van der Waals surface area contributed by atoms with E-state index in [1.807, 2.05) is 6.92 Å². The van der Waals surface area contributed by atoms with Gasteiger partial charge in [-0.25, -0.2) is 0 Å². The zero-order valence-electron chi connectivity index (χ0n) is 11.5. The number of hydrogen-bond acceptors (Lipinski definition) is 3. The Labute approximate surface area is 105 Å². The molecular formula is C14H26O3. The second-order valence-electron chi connectivity index (χ2n) is 4.60. The van der Waals surface area contributed by atoms with Crippen molar-refractivity contribution in [3.63, 3.8) is 0 Å². The lowest BCUT2D eigenvalue weighted by atomic mass is 9.78. The molecule has 0 spiro atoms. The molecule has 17 heavy (non-hydrogen) atoms. The minimum absolute atomic E-state index is 0.186. The quantitative estimate of drug-likeness (QED) is 0.334. The van der Waals surface area contributed by atoms with Crippen molar-refractivity contribution in [3.8, 4) is 0 Å². The average molecular weight is 242 g/mol. The molecule has 0 N–H and O–H groups in total. The van der Waals surface area contributed by atoms with E-state index in [4.69, 9.17) is 4.74 Å². The van der Waals surface area contributed by atoms with Crippen LogP contribution in [-0.2, 0) is 14.3 Å². The lowest BCUT2D eigenvalue weighted by molar-refractivity contribution is -0.158. The summed E-state index contributed by atoms with van der Waals surface area (Å²) in [5.41, 5.74) is -0.578. The third-order valence-electron chi connectivity index (χ3n) is 3.32. The van der Waals surface area contributed by atoms with Crippen LogP contribution in [0, 0.1) is 5.41 Å². The lowest BCUT2D eigenvalue weighted by Gasteiger charge is -2.28. The molecule has 1 unspecified atom stereocenters. The summed E-state index contributed by atoms with van der Waals surface area (Å²) in [6.07, 6.45) is 6.46. The van der Waals surface area contributed by atoms with Crippen molar-refractivity contribution in [1.82, 2.24) is 0 Å². The summed E-state index contributed by atoms with van der Waals surface area (Å²) in [7, 11) is 0. The van der Waals surface area contributed by atoms with Gasteiger partial charge in [-0.05, 0) is 19.3 Å². The molecule has 0 aliphatic carbocycles. The standard InChI is InChI=1S/C14H26O3/c1-4-7-9-14(6-3,10-11-15)13(16)17-12-8-5-2/h11H,4-10,12H2,1-3H3. The van der Waals surface area contributed by atoms with Gasteiger partial charge in [-0.3, -0.25) is 4.79 Å². The number of aldehydes is 1. The second-order valence-corrected chi connectivity index (χ2v) is 4.60. The molecule has 1 atom stereocenters. The number of hydrogen-bond donors (Lipinski definition) is 0. The molecule has 0 amide bonds. The second kappa shape index (κ2) is 9.20. The molecule has 0 aliphatic heterocycles. The van der Waals surface area contributed by atoms with E-state index in [2.05, 4.69) is 13.8 Å². The van der Waals surface area contributed by atoms with Crippen LogP contribution in [0.25, 0.3) is 0 Å². The maximum atomic E-state index is 12.1. The van der Waals surface area contributed by atoms with Gasteiger partial charge >= 0.3 is 5.97 Å². The molecule has 0 saturated heterocycles. The highest BCUT2D eigenvalue weighted by atomic mass is 16.5. The Morgan fingerprint density at radius 2 is 1.82 bits per heavy atom. The van der Waals surface area contributed by atoms with Crippen molar-refractivity contribution in [1.29, 1.82) is 0 Å². The molecule has 0 saturated carbocycles. The van der Waals surface area contributed by atoms with E-state index in [1.165, 1.54) is 0 Å². The zero-order valence-corrected chi connectivity index (χ0v) is 11.5. The number of carbonyl (C=O) groups excluding carboxylic acids is 2. The summed E-state index contributed by atoms with van der Waals surface area (Å²) in [5.74, 6) is -0.186. The number of rotatable bonds is 10. The molecule has 0 aromatic rings. The van der Waals surface area contributed by atoms with Crippen molar-refractivity contribution in [3.05, 3.63) is 0 Å². The van der Waals surface area contributed by atoms with E-state index in [0.717, 1.165) is 38.4 Å². The molecule has 0 aromatic heterocycles. The van der Waals surface area contributed by atoms with Gasteiger partial charge in [0.05, 0.1) is 12.0 Å². The highest BCUT2D eigenvalue weighted by Crippen LogP contribution is 2.33. The Morgan fingerprint density at radius 1 is 1.18 bits per heavy atom. The van der Waals surface area contributed by atoms with E-state index in [0.29, 0.717) is 13.0 Å². The van der Waals surface area contributed by atoms with Gasteiger partial charge in [-0.15, -0.1) is 0 Å². The first-order valence-corrected chi connectivity index (χ1v) is 6.77. The van der Waals surface area contributed by atoms with Gasteiger partial charge in [-0.1, -0.05) is 40.0 Å². The molecule has 0 aromatic carbocycles. The SMILES string of the molecule is CCCCOC(=O)C(CC)(CC=O)CCCC. The first kappa shape index (κ1) is 16.1. The first-order chi connectivity index (χ1) is 8.16. The molecule has 0 rings (SSSR count). The fourth-order valence-electron chi connectivity index (χ4n) is 1.89. The highest BCUT2D eigenvalue weighted by Gasteiger charge is 2.37. The van der Waals surface area contributed by atoms with E-state index < -0.39 is 5.41 Å². The molecule has 0 radical (unpaired) electrons. The Balaban J connectivity index is 4.50. The Morgan fingerprint density at radius 3 is 2.29 bits per heavy atom. The molecule has 100 valence electrons. The fourth-order valence-corrected chi connectivity index (χ4v) is 1.89. The van der Waals surface area contributed by atoms with Crippen LogP contribution in [0.4, 0.5) is 0 Å². The monoisotopic (exact) mass is 242 g/mol. The molecule has 0 heterocycles.